The topological polar surface area (TPSA) is 74.3 Å². The molecular weight excluding hydrogens is 444 g/mol. The maximum Gasteiger partial charge on any atom is 0.187 e. The summed E-state index contributed by atoms with van der Waals surface area (Å²) in [6.07, 6.45) is 5.73. The summed E-state index contributed by atoms with van der Waals surface area (Å²) >= 11 is 1.62. The number of nitrogens with two attached hydrogens (primary N) is 1. The highest BCUT2D eigenvalue weighted by Gasteiger charge is 2.27. The van der Waals surface area contributed by atoms with Crippen LogP contribution in [0.4, 0.5) is 16.5 Å². The molecule has 7 heteroatoms. The van der Waals surface area contributed by atoms with E-state index in [0.29, 0.717) is 6.04 Å². The third-order valence-corrected chi connectivity index (χ3v) is 7.83. The lowest BCUT2D eigenvalue weighted by Crippen LogP contribution is -2.25. The zero-order valence-corrected chi connectivity index (χ0v) is 20.2. The number of ether oxygens (including phenoxy) is 2. The van der Waals surface area contributed by atoms with Gasteiger partial charge in [0.15, 0.2) is 5.13 Å². The molecule has 34 heavy (non-hydrogen) atoms. The van der Waals surface area contributed by atoms with Gasteiger partial charge in [0.1, 0.15) is 11.9 Å². The zero-order valence-electron chi connectivity index (χ0n) is 19.4. The number of nitrogens with zero attached hydrogens (tertiary/aromatic N) is 2. The summed E-state index contributed by atoms with van der Waals surface area (Å²) in [6, 6.07) is 15.4. The van der Waals surface area contributed by atoms with E-state index >= 15 is 0 Å². The summed E-state index contributed by atoms with van der Waals surface area (Å²) < 4.78 is 14.3. The molecule has 176 valence electrons. The predicted octanol–water partition coefficient (Wildman–Crippen LogP) is 6.68. The second-order valence-corrected chi connectivity index (χ2v) is 10.2. The van der Waals surface area contributed by atoms with E-state index in [1.54, 1.807) is 11.3 Å². The number of aryl methyl sites for hydroxylation is 1. The van der Waals surface area contributed by atoms with E-state index in [0.717, 1.165) is 70.6 Å². The first-order valence-electron chi connectivity index (χ1n) is 12.1. The van der Waals surface area contributed by atoms with Crippen molar-refractivity contribution in [3.8, 4) is 17.0 Å². The van der Waals surface area contributed by atoms with E-state index in [1.807, 2.05) is 6.92 Å². The number of hydrogen-bond donors (Lipinski definition) is 2. The third-order valence-electron chi connectivity index (χ3n) is 6.95. The molecule has 0 bridgehead atoms. The molecule has 0 radical (unpaired) electrons. The molecule has 6 nitrogen and oxygen atoms in total. The van der Waals surface area contributed by atoms with Gasteiger partial charge in [0, 0.05) is 47.0 Å². The van der Waals surface area contributed by atoms with Crippen molar-refractivity contribution in [2.75, 3.05) is 24.3 Å². The SMILES string of the molecule is Cc1csc(Nc2ccc(-c3c(N)c4ccc(OC5CCOCC5)cc4n3C3CCC3)cc2)n1. The number of anilines is 3. The Labute approximate surface area is 203 Å². The fourth-order valence-electron chi connectivity index (χ4n) is 4.94. The third kappa shape index (κ3) is 4.03. The van der Waals surface area contributed by atoms with E-state index in [-0.39, 0.29) is 6.10 Å². The highest BCUT2D eigenvalue weighted by molar-refractivity contribution is 7.13. The van der Waals surface area contributed by atoms with Crippen LogP contribution in [0.3, 0.4) is 0 Å². The van der Waals surface area contributed by atoms with Crippen LogP contribution >= 0.6 is 11.3 Å². The first kappa shape index (κ1) is 21.5. The average molecular weight is 475 g/mol. The summed E-state index contributed by atoms with van der Waals surface area (Å²) in [4.78, 5) is 4.50. The van der Waals surface area contributed by atoms with Gasteiger partial charge in [0.05, 0.1) is 35.8 Å². The van der Waals surface area contributed by atoms with E-state index in [2.05, 4.69) is 62.7 Å². The minimum Gasteiger partial charge on any atom is -0.490 e. The van der Waals surface area contributed by atoms with Crippen molar-refractivity contribution < 1.29 is 9.47 Å². The van der Waals surface area contributed by atoms with Crippen molar-refractivity contribution in [3.05, 3.63) is 53.5 Å². The maximum atomic E-state index is 6.78. The van der Waals surface area contributed by atoms with Crippen LogP contribution in [0.1, 0.15) is 43.8 Å². The molecule has 0 amide bonds. The molecular formula is C27H30N4O2S. The molecule has 1 aliphatic heterocycles. The number of thiazole rings is 1. The molecule has 4 aromatic rings. The average Bonchev–Trinajstić information content (AvgIpc) is 3.35. The van der Waals surface area contributed by atoms with E-state index < -0.39 is 0 Å². The van der Waals surface area contributed by atoms with Gasteiger partial charge >= 0.3 is 0 Å². The Kier molecular flexibility index (Phi) is 5.67. The van der Waals surface area contributed by atoms with Gasteiger partial charge in [0.25, 0.3) is 0 Å². The molecule has 0 atom stereocenters. The Bertz CT molecular complexity index is 1300. The van der Waals surface area contributed by atoms with Gasteiger partial charge in [-0.15, -0.1) is 11.3 Å². The van der Waals surface area contributed by atoms with Gasteiger partial charge in [-0.3, -0.25) is 0 Å². The minimum atomic E-state index is 0.219. The second kappa shape index (κ2) is 8.96. The van der Waals surface area contributed by atoms with Crippen LogP contribution in [0.5, 0.6) is 5.75 Å². The fraction of sp³-hybridized carbons (Fsp3) is 0.370. The standard InChI is InChI=1S/C27H30N4O2S/c1-17-16-34-27(29-17)30-19-7-5-18(6-8-19)26-25(28)23-10-9-22(33-21-11-13-32-14-12-21)15-24(23)31(26)20-3-2-4-20/h5-10,15-16,20-21H,2-4,11-14,28H2,1H3,(H,29,30). The van der Waals surface area contributed by atoms with Crippen molar-refractivity contribution in [3.63, 3.8) is 0 Å². The lowest BCUT2D eigenvalue weighted by atomic mass is 9.92. The van der Waals surface area contributed by atoms with E-state index in [4.69, 9.17) is 15.2 Å². The number of aromatic nitrogens is 2. The molecule has 2 fully saturated rings. The van der Waals surface area contributed by atoms with Gasteiger partial charge in [-0.05, 0) is 50.5 Å². The first-order valence-corrected chi connectivity index (χ1v) is 13.0. The molecule has 1 saturated carbocycles. The van der Waals surface area contributed by atoms with Gasteiger partial charge in [-0.1, -0.05) is 12.1 Å². The first-order chi connectivity index (χ1) is 16.7. The van der Waals surface area contributed by atoms with Crippen LogP contribution < -0.4 is 15.8 Å². The van der Waals surface area contributed by atoms with Gasteiger partial charge in [-0.2, -0.15) is 0 Å². The number of nitrogen functional groups attached to an aromatic ring is 1. The molecule has 1 saturated heterocycles. The predicted molar refractivity (Wildman–Crippen MR) is 139 cm³/mol. The largest absolute Gasteiger partial charge is 0.490 e. The highest BCUT2D eigenvalue weighted by atomic mass is 32.1. The molecule has 2 aromatic heterocycles. The Morgan fingerprint density at radius 2 is 1.88 bits per heavy atom. The van der Waals surface area contributed by atoms with Crippen LogP contribution in [-0.4, -0.2) is 28.9 Å². The summed E-state index contributed by atoms with van der Waals surface area (Å²) in [7, 11) is 0. The molecule has 3 heterocycles. The second-order valence-electron chi connectivity index (χ2n) is 9.32. The van der Waals surface area contributed by atoms with Crippen molar-refractivity contribution in [1.82, 2.24) is 9.55 Å². The monoisotopic (exact) mass is 474 g/mol. The molecule has 3 N–H and O–H groups in total. The maximum absolute atomic E-state index is 6.78. The summed E-state index contributed by atoms with van der Waals surface area (Å²) in [5.74, 6) is 0.919. The van der Waals surface area contributed by atoms with Crippen LogP contribution in [0.2, 0.25) is 0 Å². The number of rotatable bonds is 6. The summed E-state index contributed by atoms with van der Waals surface area (Å²) in [5, 5.41) is 7.45. The number of fused-ring (bicyclic) bond motifs is 1. The summed E-state index contributed by atoms with van der Waals surface area (Å²) in [6.45, 7) is 3.55. The lowest BCUT2D eigenvalue weighted by molar-refractivity contribution is 0.0256. The van der Waals surface area contributed by atoms with Crippen molar-refractivity contribution in [2.24, 2.45) is 0 Å². The fourth-order valence-corrected chi connectivity index (χ4v) is 5.65. The number of hydrogen-bond acceptors (Lipinski definition) is 6. The normalized spacial score (nSPS) is 17.1. The lowest BCUT2D eigenvalue weighted by Gasteiger charge is -2.30. The highest BCUT2D eigenvalue weighted by Crippen LogP contribution is 2.45. The smallest absolute Gasteiger partial charge is 0.187 e. The van der Waals surface area contributed by atoms with Crippen LogP contribution in [-0.2, 0) is 4.74 Å². The number of nitrogens with one attached hydrogen (secondary N) is 1. The van der Waals surface area contributed by atoms with E-state index in [1.165, 1.54) is 24.8 Å². The van der Waals surface area contributed by atoms with Gasteiger partial charge in [-0.25, -0.2) is 4.98 Å². The van der Waals surface area contributed by atoms with Crippen LogP contribution in [0.25, 0.3) is 22.2 Å². The van der Waals surface area contributed by atoms with Crippen molar-refractivity contribution >= 4 is 38.7 Å². The summed E-state index contributed by atoms with van der Waals surface area (Å²) in [5.41, 5.74) is 13.1. The van der Waals surface area contributed by atoms with Crippen molar-refractivity contribution in [2.45, 2.75) is 51.2 Å². The number of benzene rings is 2. The Morgan fingerprint density at radius 3 is 2.56 bits per heavy atom. The molecule has 0 spiro atoms. The molecule has 2 aromatic carbocycles. The van der Waals surface area contributed by atoms with E-state index in [9.17, 15) is 0 Å². The van der Waals surface area contributed by atoms with Crippen molar-refractivity contribution in [1.29, 1.82) is 0 Å². The Hall–Kier alpha value is -3.03. The molecule has 0 unspecified atom stereocenters. The Morgan fingerprint density at radius 1 is 1.09 bits per heavy atom. The van der Waals surface area contributed by atoms with Crippen LogP contribution in [0, 0.1) is 6.92 Å². The van der Waals surface area contributed by atoms with Gasteiger partial charge in [0.2, 0.25) is 0 Å². The molecule has 6 rings (SSSR count). The van der Waals surface area contributed by atoms with Crippen LogP contribution in [0.15, 0.2) is 47.8 Å². The quantitative estimate of drug-likeness (QED) is 0.326. The minimum absolute atomic E-state index is 0.219. The molecule has 2 aliphatic rings. The Balaban J connectivity index is 1.35. The zero-order chi connectivity index (χ0) is 23.1. The molecule has 1 aliphatic carbocycles. The van der Waals surface area contributed by atoms with Gasteiger partial charge < -0.3 is 25.1 Å².